The highest BCUT2D eigenvalue weighted by molar-refractivity contribution is 14.0. The van der Waals surface area contributed by atoms with Gasteiger partial charge in [-0.3, -0.25) is 9.89 Å². The van der Waals surface area contributed by atoms with Gasteiger partial charge in [-0.25, -0.2) is 0 Å². The van der Waals surface area contributed by atoms with Crippen LogP contribution >= 0.6 is 47.3 Å². The number of benzene rings is 1. The average Bonchev–Trinajstić information content (AvgIpc) is 3.18. The first-order valence-electron chi connectivity index (χ1n) is 9.76. The van der Waals surface area contributed by atoms with Crippen LogP contribution in [0.15, 0.2) is 29.3 Å². The first-order chi connectivity index (χ1) is 12.7. The molecule has 2 saturated heterocycles. The highest BCUT2D eigenvalue weighted by atomic mass is 127. The fraction of sp³-hybridized carbons (Fsp3) is 0.650. The van der Waals surface area contributed by atoms with E-state index < -0.39 is 0 Å². The number of guanidine groups is 1. The van der Waals surface area contributed by atoms with Crippen molar-refractivity contribution < 1.29 is 0 Å². The average molecular weight is 523 g/mol. The van der Waals surface area contributed by atoms with Crippen molar-refractivity contribution in [1.82, 2.24) is 15.5 Å². The molecule has 152 valence electrons. The van der Waals surface area contributed by atoms with E-state index in [0.717, 1.165) is 54.9 Å². The monoisotopic (exact) mass is 522 g/mol. The molecule has 0 saturated carbocycles. The normalized spacial score (nSPS) is 21.7. The van der Waals surface area contributed by atoms with Gasteiger partial charge in [0, 0.05) is 37.0 Å². The fourth-order valence-corrected chi connectivity index (χ4v) is 5.09. The van der Waals surface area contributed by atoms with Crippen LogP contribution in [0.25, 0.3) is 0 Å². The molecule has 0 spiro atoms. The zero-order chi connectivity index (χ0) is 18.2. The minimum atomic E-state index is 0. The molecule has 27 heavy (non-hydrogen) atoms. The molecule has 2 aliphatic heterocycles. The molecule has 0 radical (unpaired) electrons. The molecular weight excluding hydrogens is 491 g/mol. The summed E-state index contributed by atoms with van der Waals surface area (Å²) < 4.78 is 0. The number of hydrogen-bond acceptors (Lipinski definition) is 3. The second kappa shape index (κ2) is 12.4. The van der Waals surface area contributed by atoms with Crippen molar-refractivity contribution in [2.24, 2.45) is 10.9 Å². The number of hydrogen-bond donors (Lipinski definition) is 2. The number of rotatable bonds is 6. The van der Waals surface area contributed by atoms with Crippen molar-refractivity contribution in [2.75, 3.05) is 39.0 Å². The molecule has 0 aromatic heterocycles. The molecule has 4 nitrogen and oxygen atoms in total. The number of piperidine rings is 1. The van der Waals surface area contributed by atoms with Gasteiger partial charge in [0.1, 0.15) is 0 Å². The summed E-state index contributed by atoms with van der Waals surface area (Å²) in [6.45, 7) is 5.28. The molecule has 0 amide bonds. The molecule has 0 aliphatic carbocycles. The Labute approximate surface area is 190 Å². The SMILES string of the molecule is CN=C(NCC1CCN(Cc2ccccc2Cl)CC1)NCC1CCCS1.I. The van der Waals surface area contributed by atoms with Crippen LogP contribution in [0.5, 0.6) is 0 Å². The summed E-state index contributed by atoms with van der Waals surface area (Å²) in [4.78, 5) is 6.89. The summed E-state index contributed by atoms with van der Waals surface area (Å²) in [5.74, 6) is 2.98. The summed E-state index contributed by atoms with van der Waals surface area (Å²) >= 11 is 8.37. The first-order valence-corrected chi connectivity index (χ1v) is 11.2. The van der Waals surface area contributed by atoms with E-state index in [2.05, 4.69) is 44.4 Å². The molecular formula is C20H32ClIN4S. The van der Waals surface area contributed by atoms with E-state index in [-0.39, 0.29) is 24.0 Å². The Hall–Kier alpha value is -0.180. The van der Waals surface area contributed by atoms with E-state index in [1.54, 1.807) is 0 Å². The number of likely N-dealkylation sites (tertiary alicyclic amines) is 1. The summed E-state index contributed by atoms with van der Waals surface area (Å²) in [7, 11) is 1.86. The van der Waals surface area contributed by atoms with Gasteiger partial charge in [-0.2, -0.15) is 11.8 Å². The predicted molar refractivity (Wildman–Crippen MR) is 130 cm³/mol. The molecule has 7 heteroatoms. The molecule has 1 unspecified atom stereocenters. The van der Waals surface area contributed by atoms with Gasteiger partial charge in [-0.1, -0.05) is 29.8 Å². The van der Waals surface area contributed by atoms with Gasteiger partial charge in [0.15, 0.2) is 5.96 Å². The third kappa shape index (κ3) is 7.63. The lowest BCUT2D eigenvalue weighted by molar-refractivity contribution is 0.178. The third-order valence-electron chi connectivity index (χ3n) is 5.36. The van der Waals surface area contributed by atoms with E-state index >= 15 is 0 Å². The van der Waals surface area contributed by atoms with Crippen molar-refractivity contribution in [3.8, 4) is 0 Å². The van der Waals surface area contributed by atoms with E-state index in [9.17, 15) is 0 Å². The Balaban J connectivity index is 0.00000261. The van der Waals surface area contributed by atoms with Crippen LogP contribution < -0.4 is 10.6 Å². The minimum Gasteiger partial charge on any atom is -0.356 e. The van der Waals surface area contributed by atoms with Crippen LogP contribution in [0.2, 0.25) is 5.02 Å². The van der Waals surface area contributed by atoms with E-state index in [4.69, 9.17) is 11.6 Å². The predicted octanol–water partition coefficient (Wildman–Crippen LogP) is 4.23. The smallest absolute Gasteiger partial charge is 0.191 e. The quantitative estimate of drug-likeness (QED) is 0.333. The number of nitrogens with one attached hydrogen (secondary N) is 2. The Morgan fingerprint density at radius 1 is 1.19 bits per heavy atom. The Bertz CT molecular complexity index is 587. The maximum Gasteiger partial charge on any atom is 0.191 e. The van der Waals surface area contributed by atoms with Crippen LogP contribution in [-0.2, 0) is 6.54 Å². The molecule has 2 fully saturated rings. The Kier molecular flexibility index (Phi) is 10.6. The van der Waals surface area contributed by atoms with Gasteiger partial charge in [0.25, 0.3) is 0 Å². The van der Waals surface area contributed by atoms with Gasteiger partial charge < -0.3 is 10.6 Å². The van der Waals surface area contributed by atoms with Crippen molar-refractivity contribution in [1.29, 1.82) is 0 Å². The number of halogens is 2. The van der Waals surface area contributed by atoms with Crippen LogP contribution in [-0.4, -0.2) is 55.1 Å². The molecule has 3 rings (SSSR count). The van der Waals surface area contributed by atoms with Gasteiger partial charge in [0.2, 0.25) is 0 Å². The maximum atomic E-state index is 6.29. The highest BCUT2D eigenvalue weighted by Crippen LogP contribution is 2.25. The Morgan fingerprint density at radius 3 is 2.59 bits per heavy atom. The van der Waals surface area contributed by atoms with E-state index in [1.807, 2.05) is 19.2 Å². The summed E-state index contributed by atoms with van der Waals surface area (Å²) in [6.07, 6.45) is 5.15. The van der Waals surface area contributed by atoms with Crippen LogP contribution in [0.1, 0.15) is 31.2 Å². The molecule has 1 aromatic rings. The van der Waals surface area contributed by atoms with Crippen LogP contribution in [0, 0.1) is 5.92 Å². The fourth-order valence-electron chi connectivity index (χ4n) is 3.69. The topological polar surface area (TPSA) is 39.7 Å². The number of aliphatic imine (C=N–C) groups is 1. The van der Waals surface area contributed by atoms with Gasteiger partial charge >= 0.3 is 0 Å². The molecule has 0 bridgehead atoms. The summed E-state index contributed by atoms with van der Waals surface area (Å²) in [6, 6.07) is 8.18. The third-order valence-corrected chi connectivity index (χ3v) is 7.13. The zero-order valence-corrected chi connectivity index (χ0v) is 20.0. The lowest BCUT2D eigenvalue weighted by Gasteiger charge is -2.32. The zero-order valence-electron chi connectivity index (χ0n) is 16.1. The van der Waals surface area contributed by atoms with Crippen LogP contribution in [0.4, 0.5) is 0 Å². The molecule has 2 N–H and O–H groups in total. The van der Waals surface area contributed by atoms with E-state index in [0.29, 0.717) is 0 Å². The van der Waals surface area contributed by atoms with Crippen molar-refractivity contribution in [3.63, 3.8) is 0 Å². The van der Waals surface area contributed by atoms with Crippen LogP contribution in [0.3, 0.4) is 0 Å². The lowest BCUT2D eigenvalue weighted by atomic mass is 9.96. The number of thioether (sulfide) groups is 1. The van der Waals surface area contributed by atoms with Crippen molar-refractivity contribution in [2.45, 2.75) is 37.5 Å². The van der Waals surface area contributed by atoms with Crippen molar-refractivity contribution >= 4 is 53.3 Å². The second-order valence-electron chi connectivity index (χ2n) is 7.28. The molecule has 2 heterocycles. The van der Waals surface area contributed by atoms with Crippen molar-refractivity contribution in [3.05, 3.63) is 34.9 Å². The van der Waals surface area contributed by atoms with Gasteiger partial charge in [0.05, 0.1) is 0 Å². The minimum absolute atomic E-state index is 0. The second-order valence-corrected chi connectivity index (χ2v) is 9.10. The maximum absolute atomic E-state index is 6.29. The van der Waals surface area contributed by atoms with E-state index in [1.165, 1.54) is 37.0 Å². The van der Waals surface area contributed by atoms with Gasteiger partial charge in [-0.15, -0.1) is 24.0 Å². The first kappa shape index (κ1) is 23.1. The molecule has 1 atom stereocenters. The lowest BCUT2D eigenvalue weighted by Crippen LogP contribution is -2.44. The molecule has 2 aliphatic rings. The van der Waals surface area contributed by atoms with Gasteiger partial charge in [-0.05, 0) is 62.1 Å². The Morgan fingerprint density at radius 2 is 1.93 bits per heavy atom. The molecule has 1 aromatic carbocycles. The number of nitrogens with zero attached hydrogens (tertiary/aromatic N) is 2. The highest BCUT2D eigenvalue weighted by Gasteiger charge is 2.20. The summed E-state index contributed by atoms with van der Waals surface area (Å²) in [5.41, 5.74) is 1.24. The largest absolute Gasteiger partial charge is 0.356 e. The standard InChI is InChI=1S/C20H31ClN4S.HI/c1-22-20(24-14-18-6-4-12-26-18)23-13-16-8-10-25(11-9-16)15-17-5-2-3-7-19(17)21;/h2-3,5,7,16,18H,4,6,8-15H2,1H3,(H2,22,23,24);1H. The summed E-state index contributed by atoms with van der Waals surface area (Å²) in [5, 5.41) is 8.65.